The van der Waals surface area contributed by atoms with Crippen molar-refractivity contribution < 1.29 is 18.7 Å². The summed E-state index contributed by atoms with van der Waals surface area (Å²) in [5.74, 6) is -0.659. The van der Waals surface area contributed by atoms with Gasteiger partial charge in [-0.05, 0) is 31.5 Å². The number of aromatic carboxylic acids is 1. The largest absolute Gasteiger partial charge is 0.478 e. The highest BCUT2D eigenvalue weighted by Gasteiger charge is 2.10. The monoisotopic (exact) mass is 278 g/mol. The topological polar surface area (TPSA) is 75.4 Å². The van der Waals surface area contributed by atoms with Crippen LogP contribution in [0.25, 0.3) is 0 Å². The number of halogens is 1. The molecule has 0 unspecified atom stereocenters. The van der Waals surface area contributed by atoms with Gasteiger partial charge in [-0.1, -0.05) is 6.07 Å². The van der Waals surface area contributed by atoms with E-state index in [1.165, 1.54) is 12.1 Å². The molecule has 2 rings (SSSR count). The summed E-state index contributed by atoms with van der Waals surface area (Å²) in [5.41, 5.74) is 1.18. The Bertz CT molecular complexity index is 618. The predicted molar refractivity (Wildman–Crippen MR) is 69.9 cm³/mol. The van der Waals surface area contributed by atoms with Crippen molar-refractivity contribution in [2.24, 2.45) is 0 Å². The van der Waals surface area contributed by atoms with Crippen molar-refractivity contribution in [2.45, 2.75) is 26.9 Å². The molecule has 106 valence electrons. The molecule has 1 aromatic heterocycles. The Morgan fingerprint density at radius 3 is 2.70 bits per heavy atom. The third-order valence-corrected chi connectivity index (χ3v) is 2.94. The first kappa shape index (κ1) is 14.2. The molecule has 1 aromatic carbocycles. The number of oxazole rings is 1. The summed E-state index contributed by atoms with van der Waals surface area (Å²) >= 11 is 0. The van der Waals surface area contributed by atoms with E-state index in [0.717, 1.165) is 11.5 Å². The van der Waals surface area contributed by atoms with Gasteiger partial charge < -0.3 is 14.8 Å². The molecule has 0 amide bonds. The minimum Gasteiger partial charge on any atom is -0.478 e. The van der Waals surface area contributed by atoms with Crippen molar-refractivity contribution in [3.8, 4) is 0 Å². The van der Waals surface area contributed by atoms with Gasteiger partial charge in [0, 0.05) is 6.54 Å². The predicted octanol–water partition coefficient (Wildman–Crippen LogP) is 2.42. The maximum Gasteiger partial charge on any atom is 0.338 e. The van der Waals surface area contributed by atoms with E-state index < -0.39 is 11.8 Å². The summed E-state index contributed by atoms with van der Waals surface area (Å²) in [6.07, 6.45) is 0. The molecular formula is C14H15FN2O3. The van der Waals surface area contributed by atoms with Crippen molar-refractivity contribution in [3.63, 3.8) is 0 Å². The second-order valence-electron chi connectivity index (χ2n) is 4.47. The van der Waals surface area contributed by atoms with Crippen LogP contribution in [-0.4, -0.2) is 16.1 Å². The molecule has 0 bridgehead atoms. The minimum atomic E-state index is -1.27. The van der Waals surface area contributed by atoms with Crippen molar-refractivity contribution in [2.75, 3.05) is 0 Å². The summed E-state index contributed by atoms with van der Waals surface area (Å²) in [5, 5.41) is 11.8. The van der Waals surface area contributed by atoms with Gasteiger partial charge >= 0.3 is 5.97 Å². The fraction of sp³-hybridized carbons (Fsp3) is 0.286. The van der Waals surface area contributed by atoms with Gasteiger partial charge in [0.2, 0.25) is 5.89 Å². The summed E-state index contributed by atoms with van der Waals surface area (Å²) in [7, 11) is 0. The summed E-state index contributed by atoms with van der Waals surface area (Å²) in [6, 6.07) is 4.04. The molecule has 0 spiro atoms. The number of carbonyl (C=O) groups is 1. The van der Waals surface area contributed by atoms with Gasteiger partial charge in [0.1, 0.15) is 11.6 Å². The number of nitrogens with one attached hydrogen (secondary N) is 1. The van der Waals surface area contributed by atoms with E-state index in [1.807, 2.05) is 13.8 Å². The Morgan fingerprint density at radius 2 is 2.15 bits per heavy atom. The molecule has 20 heavy (non-hydrogen) atoms. The Kier molecular flexibility index (Phi) is 4.14. The number of rotatable bonds is 5. The molecule has 2 N–H and O–H groups in total. The van der Waals surface area contributed by atoms with Crippen LogP contribution in [0.15, 0.2) is 22.6 Å². The van der Waals surface area contributed by atoms with Crippen LogP contribution in [0.2, 0.25) is 0 Å². The zero-order valence-corrected chi connectivity index (χ0v) is 11.2. The average molecular weight is 278 g/mol. The van der Waals surface area contributed by atoms with E-state index >= 15 is 0 Å². The first-order valence-corrected chi connectivity index (χ1v) is 6.12. The van der Waals surface area contributed by atoms with Crippen molar-refractivity contribution in [1.29, 1.82) is 0 Å². The first-order chi connectivity index (χ1) is 9.47. The molecule has 0 aliphatic heterocycles. The van der Waals surface area contributed by atoms with E-state index in [-0.39, 0.29) is 5.56 Å². The van der Waals surface area contributed by atoms with Crippen LogP contribution in [0.3, 0.4) is 0 Å². The summed E-state index contributed by atoms with van der Waals surface area (Å²) < 4.78 is 18.9. The second kappa shape index (κ2) is 5.83. The van der Waals surface area contributed by atoms with E-state index in [4.69, 9.17) is 9.52 Å². The standard InChI is InChI=1S/C14H15FN2O3/c1-8-9(2)20-13(17-8)7-16-6-10-3-4-11(14(18)19)12(15)5-10/h3-5,16H,6-7H2,1-2H3,(H,18,19). The Hall–Kier alpha value is -2.21. The maximum absolute atomic E-state index is 13.5. The number of nitrogens with zero attached hydrogens (tertiary/aromatic N) is 1. The Labute approximate surface area is 115 Å². The first-order valence-electron chi connectivity index (χ1n) is 6.12. The summed E-state index contributed by atoms with van der Waals surface area (Å²) in [4.78, 5) is 14.9. The number of hydrogen-bond donors (Lipinski definition) is 2. The summed E-state index contributed by atoms with van der Waals surface area (Å²) in [6.45, 7) is 4.53. The number of carboxylic acids is 1. The van der Waals surface area contributed by atoms with Gasteiger partial charge in [-0.2, -0.15) is 0 Å². The van der Waals surface area contributed by atoms with E-state index in [2.05, 4.69) is 10.3 Å². The van der Waals surface area contributed by atoms with E-state index in [1.54, 1.807) is 6.07 Å². The van der Waals surface area contributed by atoms with Crippen LogP contribution >= 0.6 is 0 Å². The molecule has 0 aliphatic rings. The third-order valence-electron chi connectivity index (χ3n) is 2.94. The number of aryl methyl sites for hydroxylation is 2. The van der Waals surface area contributed by atoms with Crippen LogP contribution in [0.5, 0.6) is 0 Å². The third kappa shape index (κ3) is 3.21. The highest BCUT2D eigenvalue weighted by Crippen LogP contribution is 2.11. The van der Waals surface area contributed by atoms with Gasteiger partial charge in [-0.3, -0.25) is 0 Å². The lowest BCUT2D eigenvalue weighted by Crippen LogP contribution is -2.13. The number of benzene rings is 1. The zero-order chi connectivity index (χ0) is 14.7. The Balaban J connectivity index is 1.94. The molecule has 0 saturated heterocycles. The quantitative estimate of drug-likeness (QED) is 0.878. The van der Waals surface area contributed by atoms with Crippen LogP contribution in [0, 0.1) is 19.7 Å². The SMILES string of the molecule is Cc1nc(CNCc2ccc(C(=O)O)c(F)c2)oc1C. The normalized spacial score (nSPS) is 10.8. The van der Waals surface area contributed by atoms with Crippen LogP contribution in [-0.2, 0) is 13.1 Å². The van der Waals surface area contributed by atoms with Crippen LogP contribution < -0.4 is 5.32 Å². The molecule has 0 atom stereocenters. The molecule has 5 nitrogen and oxygen atoms in total. The van der Waals surface area contributed by atoms with Gasteiger partial charge in [0.25, 0.3) is 0 Å². The Morgan fingerprint density at radius 1 is 1.40 bits per heavy atom. The van der Waals surface area contributed by atoms with Crippen LogP contribution in [0.1, 0.15) is 33.3 Å². The number of hydrogen-bond acceptors (Lipinski definition) is 4. The van der Waals surface area contributed by atoms with Crippen molar-refractivity contribution >= 4 is 5.97 Å². The van der Waals surface area contributed by atoms with Gasteiger partial charge in [0.05, 0.1) is 17.8 Å². The molecule has 1 heterocycles. The van der Waals surface area contributed by atoms with Gasteiger partial charge in [-0.25, -0.2) is 14.2 Å². The lowest BCUT2D eigenvalue weighted by Gasteiger charge is -2.04. The molecule has 6 heteroatoms. The van der Waals surface area contributed by atoms with Crippen LogP contribution in [0.4, 0.5) is 4.39 Å². The molecule has 2 aromatic rings. The fourth-order valence-corrected chi connectivity index (χ4v) is 1.77. The molecule has 0 saturated carbocycles. The fourth-order valence-electron chi connectivity index (χ4n) is 1.77. The molecular weight excluding hydrogens is 263 g/mol. The minimum absolute atomic E-state index is 0.326. The lowest BCUT2D eigenvalue weighted by molar-refractivity contribution is 0.0692. The lowest BCUT2D eigenvalue weighted by atomic mass is 10.1. The maximum atomic E-state index is 13.5. The number of aromatic nitrogens is 1. The van der Waals surface area contributed by atoms with Gasteiger partial charge in [-0.15, -0.1) is 0 Å². The average Bonchev–Trinajstić information content (AvgIpc) is 2.68. The van der Waals surface area contributed by atoms with E-state index in [0.29, 0.717) is 24.5 Å². The number of carboxylic acid groups (broad SMARTS) is 1. The van der Waals surface area contributed by atoms with Crippen molar-refractivity contribution in [3.05, 3.63) is 52.5 Å². The smallest absolute Gasteiger partial charge is 0.338 e. The molecule has 0 aliphatic carbocycles. The zero-order valence-electron chi connectivity index (χ0n) is 11.2. The van der Waals surface area contributed by atoms with Gasteiger partial charge in [0.15, 0.2) is 0 Å². The molecule has 0 fully saturated rings. The van der Waals surface area contributed by atoms with Crippen molar-refractivity contribution in [1.82, 2.24) is 10.3 Å². The molecule has 0 radical (unpaired) electrons. The second-order valence-corrected chi connectivity index (χ2v) is 4.47. The van der Waals surface area contributed by atoms with E-state index in [9.17, 15) is 9.18 Å². The highest BCUT2D eigenvalue weighted by molar-refractivity contribution is 5.87. The highest BCUT2D eigenvalue weighted by atomic mass is 19.1.